The monoisotopic (exact) mass is 250 g/mol. The lowest BCUT2D eigenvalue weighted by molar-refractivity contribution is 0.758. The van der Waals surface area contributed by atoms with Crippen molar-refractivity contribution >= 4 is 27.4 Å². The predicted molar refractivity (Wildman–Crippen MR) is 73.2 cm³/mol. The minimum atomic E-state index is 0.747. The number of nitrogens with one attached hydrogen (secondary N) is 1. The molecule has 0 aromatic carbocycles. The summed E-state index contributed by atoms with van der Waals surface area (Å²) in [6.07, 6.45) is 4.20. The zero-order chi connectivity index (χ0) is 12.3. The maximum atomic E-state index is 5.53. The number of nitrogens with zero attached hydrogens (tertiary/aromatic N) is 2. The fraction of sp³-hybridized carbons (Fsp3) is 0.500. The molecule has 0 atom stereocenters. The fourth-order valence-corrected chi connectivity index (χ4v) is 2.73. The second-order valence-electron chi connectivity index (χ2n) is 4.02. The normalized spacial score (nSPS) is 11.0. The van der Waals surface area contributed by atoms with Crippen molar-refractivity contribution in [3.05, 3.63) is 16.8 Å². The molecule has 0 unspecified atom stereocenters. The maximum absolute atomic E-state index is 5.53. The van der Waals surface area contributed by atoms with E-state index >= 15 is 0 Å². The van der Waals surface area contributed by atoms with Gasteiger partial charge in [0.1, 0.15) is 10.7 Å². The standard InChI is InChI=1S/C12H18N4S/c1-3-5-6-10-14-11(16-13)9-7-8(4-2)17-12(9)15-10/h7H,3-6,13H2,1-2H3,(H,14,15,16). The average Bonchev–Trinajstić information content (AvgIpc) is 2.78. The Labute approximate surface area is 105 Å². The van der Waals surface area contributed by atoms with Crippen molar-refractivity contribution in [2.75, 3.05) is 5.43 Å². The highest BCUT2D eigenvalue weighted by molar-refractivity contribution is 7.18. The number of fused-ring (bicyclic) bond motifs is 1. The number of aromatic nitrogens is 2. The highest BCUT2D eigenvalue weighted by Crippen LogP contribution is 2.29. The van der Waals surface area contributed by atoms with Crippen LogP contribution in [0.1, 0.15) is 37.4 Å². The Balaban J connectivity index is 2.44. The Morgan fingerprint density at radius 3 is 2.82 bits per heavy atom. The topological polar surface area (TPSA) is 63.8 Å². The van der Waals surface area contributed by atoms with Crippen LogP contribution in [0, 0.1) is 0 Å². The number of thiophene rings is 1. The number of unbranched alkanes of at least 4 members (excludes halogenated alkanes) is 1. The molecule has 17 heavy (non-hydrogen) atoms. The van der Waals surface area contributed by atoms with Gasteiger partial charge in [0, 0.05) is 11.3 Å². The van der Waals surface area contributed by atoms with Gasteiger partial charge in [0.05, 0.1) is 5.39 Å². The smallest absolute Gasteiger partial charge is 0.152 e. The van der Waals surface area contributed by atoms with Gasteiger partial charge in [0.15, 0.2) is 5.82 Å². The van der Waals surface area contributed by atoms with E-state index in [9.17, 15) is 0 Å². The molecule has 5 heteroatoms. The molecule has 0 aliphatic rings. The molecule has 0 amide bonds. The van der Waals surface area contributed by atoms with Crippen molar-refractivity contribution in [2.24, 2.45) is 5.84 Å². The van der Waals surface area contributed by atoms with E-state index in [1.165, 1.54) is 4.88 Å². The summed E-state index contributed by atoms with van der Waals surface area (Å²) in [6, 6.07) is 2.12. The van der Waals surface area contributed by atoms with Gasteiger partial charge >= 0.3 is 0 Å². The van der Waals surface area contributed by atoms with Crippen molar-refractivity contribution in [2.45, 2.75) is 39.5 Å². The van der Waals surface area contributed by atoms with Crippen LogP contribution in [0.25, 0.3) is 10.2 Å². The van der Waals surface area contributed by atoms with Gasteiger partial charge in [-0.15, -0.1) is 11.3 Å². The van der Waals surface area contributed by atoms with Crippen LogP contribution in [0.3, 0.4) is 0 Å². The molecule has 2 rings (SSSR count). The molecule has 0 fully saturated rings. The first-order valence-corrected chi connectivity index (χ1v) is 6.86. The number of aryl methyl sites for hydroxylation is 2. The van der Waals surface area contributed by atoms with Gasteiger partial charge < -0.3 is 5.43 Å². The SMILES string of the molecule is CCCCc1nc(NN)c2cc(CC)sc2n1. The molecule has 4 nitrogen and oxygen atoms in total. The highest BCUT2D eigenvalue weighted by Gasteiger charge is 2.10. The summed E-state index contributed by atoms with van der Waals surface area (Å²) >= 11 is 1.73. The molecule has 3 N–H and O–H groups in total. The third-order valence-corrected chi connectivity index (χ3v) is 3.90. The number of hydrogen-bond acceptors (Lipinski definition) is 5. The van der Waals surface area contributed by atoms with Gasteiger partial charge in [-0.3, -0.25) is 0 Å². The second kappa shape index (κ2) is 5.42. The molecule has 2 heterocycles. The van der Waals surface area contributed by atoms with Gasteiger partial charge in [-0.2, -0.15) is 0 Å². The molecular weight excluding hydrogens is 232 g/mol. The zero-order valence-electron chi connectivity index (χ0n) is 10.3. The third-order valence-electron chi connectivity index (χ3n) is 2.73. The van der Waals surface area contributed by atoms with Crippen LogP contribution < -0.4 is 11.3 Å². The molecule has 0 saturated heterocycles. The van der Waals surface area contributed by atoms with E-state index in [1.54, 1.807) is 11.3 Å². The summed E-state index contributed by atoms with van der Waals surface area (Å²) in [7, 11) is 0. The maximum Gasteiger partial charge on any atom is 0.152 e. The van der Waals surface area contributed by atoms with Crippen molar-refractivity contribution < 1.29 is 0 Å². The minimum absolute atomic E-state index is 0.747. The van der Waals surface area contributed by atoms with Gasteiger partial charge in [-0.25, -0.2) is 15.8 Å². The van der Waals surface area contributed by atoms with Crippen LogP contribution in [0.2, 0.25) is 0 Å². The van der Waals surface area contributed by atoms with Gasteiger partial charge in [0.25, 0.3) is 0 Å². The lowest BCUT2D eigenvalue weighted by Gasteiger charge is -2.04. The molecule has 0 saturated carbocycles. The van der Waals surface area contributed by atoms with Crippen molar-refractivity contribution in [3.8, 4) is 0 Å². The van der Waals surface area contributed by atoms with Crippen LogP contribution in [0.4, 0.5) is 5.82 Å². The van der Waals surface area contributed by atoms with E-state index in [0.29, 0.717) is 0 Å². The molecular formula is C12H18N4S. The number of rotatable bonds is 5. The third kappa shape index (κ3) is 2.56. The first kappa shape index (κ1) is 12.3. The number of nitrogens with two attached hydrogens (primary N) is 1. The Bertz CT molecular complexity index is 506. The van der Waals surface area contributed by atoms with E-state index < -0.39 is 0 Å². The van der Waals surface area contributed by atoms with Crippen LogP contribution in [0.5, 0.6) is 0 Å². The number of anilines is 1. The molecule has 0 aliphatic carbocycles. The van der Waals surface area contributed by atoms with E-state index in [2.05, 4.69) is 35.3 Å². The first-order valence-electron chi connectivity index (χ1n) is 6.04. The molecule has 0 aliphatic heterocycles. The summed E-state index contributed by atoms with van der Waals surface area (Å²) in [5.41, 5.74) is 2.68. The van der Waals surface area contributed by atoms with Crippen molar-refractivity contribution in [1.82, 2.24) is 9.97 Å². The zero-order valence-corrected chi connectivity index (χ0v) is 11.1. The van der Waals surface area contributed by atoms with Gasteiger partial charge in [0.2, 0.25) is 0 Å². The molecule has 0 bridgehead atoms. The summed E-state index contributed by atoms with van der Waals surface area (Å²) < 4.78 is 0. The Morgan fingerprint density at radius 2 is 2.18 bits per heavy atom. The van der Waals surface area contributed by atoms with Crippen LogP contribution >= 0.6 is 11.3 Å². The van der Waals surface area contributed by atoms with Crippen molar-refractivity contribution in [3.63, 3.8) is 0 Å². The van der Waals surface area contributed by atoms with Crippen LogP contribution in [-0.2, 0) is 12.8 Å². The van der Waals surface area contributed by atoms with Crippen LogP contribution in [-0.4, -0.2) is 9.97 Å². The van der Waals surface area contributed by atoms with E-state index in [1.807, 2.05) is 0 Å². The Morgan fingerprint density at radius 1 is 1.35 bits per heavy atom. The lowest BCUT2D eigenvalue weighted by atomic mass is 10.2. The summed E-state index contributed by atoms with van der Waals surface area (Å²) in [6.45, 7) is 4.31. The lowest BCUT2D eigenvalue weighted by Crippen LogP contribution is -2.10. The predicted octanol–water partition coefficient (Wildman–Crippen LogP) is 2.88. The molecule has 0 radical (unpaired) electrons. The van der Waals surface area contributed by atoms with Gasteiger partial charge in [-0.05, 0) is 18.9 Å². The van der Waals surface area contributed by atoms with Crippen molar-refractivity contribution in [1.29, 1.82) is 0 Å². The number of nitrogen functional groups attached to an aromatic ring is 1. The average molecular weight is 250 g/mol. The number of hydrogen-bond donors (Lipinski definition) is 2. The quantitative estimate of drug-likeness (QED) is 0.632. The second-order valence-corrected chi connectivity index (χ2v) is 5.14. The minimum Gasteiger partial charge on any atom is -0.308 e. The first-order chi connectivity index (χ1) is 8.28. The largest absolute Gasteiger partial charge is 0.308 e. The molecule has 0 spiro atoms. The number of hydrazine groups is 1. The Hall–Kier alpha value is -1.20. The van der Waals surface area contributed by atoms with E-state index in [0.717, 1.165) is 47.5 Å². The van der Waals surface area contributed by atoms with Gasteiger partial charge in [-0.1, -0.05) is 20.3 Å². The Kier molecular flexibility index (Phi) is 3.91. The molecule has 2 aromatic rings. The van der Waals surface area contributed by atoms with Crippen LogP contribution in [0.15, 0.2) is 6.07 Å². The molecule has 92 valence electrons. The molecule has 2 aromatic heterocycles. The summed E-state index contributed by atoms with van der Waals surface area (Å²) in [5, 5.41) is 1.04. The van der Waals surface area contributed by atoms with E-state index in [4.69, 9.17) is 5.84 Å². The highest BCUT2D eigenvalue weighted by atomic mass is 32.1. The summed E-state index contributed by atoms with van der Waals surface area (Å²) in [5.74, 6) is 7.16. The van der Waals surface area contributed by atoms with E-state index in [-0.39, 0.29) is 0 Å². The summed E-state index contributed by atoms with van der Waals surface area (Å²) in [4.78, 5) is 11.4. The fourth-order valence-electron chi connectivity index (χ4n) is 1.75.